The zero-order valence-corrected chi connectivity index (χ0v) is 10.8. The van der Waals surface area contributed by atoms with Gasteiger partial charge in [-0.2, -0.15) is 0 Å². The summed E-state index contributed by atoms with van der Waals surface area (Å²) in [6.45, 7) is 2.24. The number of carboxylic acid groups (broad SMARTS) is 1. The molecule has 1 heterocycles. The second-order valence-corrected chi connectivity index (χ2v) is 4.02. The third-order valence-corrected chi connectivity index (χ3v) is 2.53. The third-order valence-electron chi connectivity index (χ3n) is 2.53. The topological polar surface area (TPSA) is 94.3 Å². The molecule has 1 N–H and O–H groups in total. The number of carbonyl (C=O) groups excluding carboxylic acids is 1. The maximum Gasteiger partial charge on any atom is 0.356 e. The lowest BCUT2D eigenvalue weighted by atomic mass is 10.2. The number of carboxylic acids is 1. The number of rotatable bonds is 5. The fourth-order valence-corrected chi connectivity index (χ4v) is 1.61. The largest absolute Gasteiger partial charge is 0.476 e. The highest BCUT2D eigenvalue weighted by molar-refractivity contribution is 5.90. The number of hydrogen-bond acceptors (Lipinski definition) is 5. The van der Waals surface area contributed by atoms with Crippen LogP contribution < -0.4 is 0 Å². The predicted molar refractivity (Wildman–Crippen MR) is 68.9 cm³/mol. The summed E-state index contributed by atoms with van der Waals surface area (Å²) in [4.78, 5) is 22.8. The predicted octanol–water partition coefficient (Wildman–Crippen LogP) is 1.53. The lowest BCUT2D eigenvalue weighted by Crippen LogP contribution is -2.10. The molecule has 1 aromatic carbocycles. The summed E-state index contributed by atoms with van der Waals surface area (Å²) in [6.07, 6.45) is 1.88. The van der Waals surface area contributed by atoms with Crippen LogP contribution in [-0.2, 0) is 4.74 Å². The normalized spacial score (nSPS) is 10.2. The molecule has 2 rings (SSSR count). The highest BCUT2D eigenvalue weighted by Crippen LogP contribution is 2.13. The van der Waals surface area contributed by atoms with Gasteiger partial charge in [0.2, 0.25) is 0 Å². The number of benzene rings is 1. The summed E-state index contributed by atoms with van der Waals surface area (Å²) in [6, 6.07) is 6.38. The average Bonchev–Trinajstić information content (AvgIpc) is 2.94. The van der Waals surface area contributed by atoms with E-state index < -0.39 is 11.9 Å². The van der Waals surface area contributed by atoms with E-state index in [2.05, 4.69) is 10.3 Å². The van der Waals surface area contributed by atoms with Crippen molar-refractivity contribution in [2.24, 2.45) is 0 Å². The molecular weight excluding hydrogens is 262 g/mol. The molecule has 0 radical (unpaired) electrons. The molecule has 0 bridgehead atoms. The lowest BCUT2D eigenvalue weighted by Gasteiger charge is -2.06. The Morgan fingerprint density at radius 2 is 2.20 bits per heavy atom. The molecule has 0 saturated carbocycles. The van der Waals surface area contributed by atoms with Crippen LogP contribution in [0.2, 0.25) is 0 Å². The Kier molecular flexibility index (Phi) is 4.09. The third kappa shape index (κ3) is 2.82. The van der Waals surface area contributed by atoms with Gasteiger partial charge in [-0.25, -0.2) is 14.3 Å². The molecule has 2 aromatic rings. The van der Waals surface area contributed by atoms with Crippen LogP contribution in [-0.4, -0.2) is 38.6 Å². The smallest absolute Gasteiger partial charge is 0.356 e. The molecule has 0 aliphatic carbocycles. The monoisotopic (exact) mass is 275 g/mol. The molecule has 0 unspecified atom stereocenters. The van der Waals surface area contributed by atoms with Crippen LogP contribution in [0, 0.1) is 0 Å². The van der Waals surface area contributed by atoms with E-state index >= 15 is 0 Å². The number of aromatic nitrogens is 3. The van der Waals surface area contributed by atoms with Gasteiger partial charge in [0.15, 0.2) is 5.69 Å². The van der Waals surface area contributed by atoms with Crippen LogP contribution in [0.1, 0.15) is 34.2 Å². The van der Waals surface area contributed by atoms with Crippen molar-refractivity contribution in [3.63, 3.8) is 0 Å². The Bertz CT molecular complexity index is 636. The van der Waals surface area contributed by atoms with Gasteiger partial charge in [0.05, 0.1) is 24.1 Å². The van der Waals surface area contributed by atoms with Gasteiger partial charge < -0.3 is 9.84 Å². The maximum absolute atomic E-state index is 11.8. The average molecular weight is 275 g/mol. The molecule has 7 nitrogen and oxygen atoms in total. The summed E-state index contributed by atoms with van der Waals surface area (Å²) >= 11 is 0. The quantitative estimate of drug-likeness (QED) is 0.831. The molecule has 0 aliphatic rings. The molecule has 104 valence electrons. The molecule has 0 amide bonds. The minimum Gasteiger partial charge on any atom is -0.476 e. The number of esters is 1. The van der Waals surface area contributed by atoms with Gasteiger partial charge in [0.1, 0.15) is 0 Å². The SMILES string of the molecule is CCCOC(=O)c1cccc(-n2nncc2C(=O)O)c1. The van der Waals surface area contributed by atoms with Crippen LogP contribution in [0.25, 0.3) is 5.69 Å². The van der Waals surface area contributed by atoms with E-state index in [1.807, 2.05) is 6.92 Å². The number of hydrogen-bond donors (Lipinski definition) is 1. The minimum absolute atomic E-state index is 0.0796. The lowest BCUT2D eigenvalue weighted by molar-refractivity contribution is 0.0504. The number of aromatic carboxylic acids is 1. The van der Waals surface area contributed by atoms with Gasteiger partial charge in [0.25, 0.3) is 0 Å². The van der Waals surface area contributed by atoms with Crippen molar-refractivity contribution >= 4 is 11.9 Å². The Morgan fingerprint density at radius 1 is 1.40 bits per heavy atom. The van der Waals surface area contributed by atoms with Crippen LogP contribution in [0.3, 0.4) is 0 Å². The van der Waals surface area contributed by atoms with Crippen molar-refractivity contribution in [2.75, 3.05) is 6.61 Å². The first-order valence-electron chi connectivity index (χ1n) is 6.05. The van der Waals surface area contributed by atoms with Gasteiger partial charge in [-0.3, -0.25) is 0 Å². The van der Waals surface area contributed by atoms with Crippen molar-refractivity contribution < 1.29 is 19.4 Å². The van der Waals surface area contributed by atoms with Crippen molar-refractivity contribution in [3.05, 3.63) is 41.7 Å². The van der Waals surface area contributed by atoms with E-state index in [0.717, 1.165) is 17.3 Å². The summed E-state index contributed by atoms with van der Waals surface area (Å²) in [5.74, 6) is -1.60. The number of carbonyl (C=O) groups is 2. The van der Waals surface area contributed by atoms with E-state index in [0.29, 0.717) is 17.9 Å². The molecule has 0 atom stereocenters. The summed E-state index contributed by atoms with van der Waals surface area (Å²) in [5.41, 5.74) is 0.692. The van der Waals surface area contributed by atoms with Gasteiger partial charge in [-0.1, -0.05) is 18.2 Å². The minimum atomic E-state index is -1.14. The first-order chi connectivity index (χ1) is 9.63. The summed E-state index contributed by atoms with van der Waals surface area (Å²) in [5, 5.41) is 16.3. The van der Waals surface area contributed by atoms with Crippen molar-refractivity contribution in [1.82, 2.24) is 15.0 Å². The molecule has 1 aromatic heterocycles. The van der Waals surface area contributed by atoms with Crippen LogP contribution >= 0.6 is 0 Å². The van der Waals surface area contributed by atoms with E-state index in [1.165, 1.54) is 6.07 Å². The van der Waals surface area contributed by atoms with Gasteiger partial charge in [0, 0.05) is 0 Å². The van der Waals surface area contributed by atoms with Crippen molar-refractivity contribution in [2.45, 2.75) is 13.3 Å². The molecular formula is C13H13N3O4. The van der Waals surface area contributed by atoms with E-state index in [9.17, 15) is 9.59 Å². The van der Waals surface area contributed by atoms with Gasteiger partial charge in [-0.05, 0) is 24.6 Å². The van der Waals surface area contributed by atoms with E-state index in [4.69, 9.17) is 9.84 Å². The Balaban J connectivity index is 2.32. The van der Waals surface area contributed by atoms with Gasteiger partial charge >= 0.3 is 11.9 Å². The highest BCUT2D eigenvalue weighted by atomic mass is 16.5. The fourth-order valence-electron chi connectivity index (χ4n) is 1.61. The zero-order chi connectivity index (χ0) is 14.5. The van der Waals surface area contributed by atoms with Crippen LogP contribution in [0.5, 0.6) is 0 Å². The summed E-state index contributed by atoms with van der Waals surface area (Å²) < 4.78 is 6.18. The first-order valence-corrected chi connectivity index (χ1v) is 6.05. The molecule has 7 heteroatoms. The zero-order valence-electron chi connectivity index (χ0n) is 10.8. The van der Waals surface area contributed by atoms with E-state index in [1.54, 1.807) is 18.2 Å². The van der Waals surface area contributed by atoms with Crippen LogP contribution in [0.15, 0.2) is 30.5 Å². The number of ether oxygens (including phenoxy) is 1. The van der Waals surface area contributed by atoms with Crippen LogP contribution in [0.4, 0.5) is 0 Å². The highest BCUT2D eigenvalue weighted by Gasteiger charge is 2.14. The Hall–Kier alpha value is -2.70. The number of nitrogens with zero attached hydrogens (tertiary/aromatic N) is 3. The second-order valence-electron chi connectivity index (χ2n) is 4.02. The fraction of sp³-hybridized carbons (Fsp3) is 0.231. The molecule has 0 aliphatic heterocycles. The summed E-state index contributed by atoms with van der Waals surface area (Å²) in [7, 11) is 0. The second kappa shape index (κ2) is 5.96. The molecule has 0 fully saturated rings. The maximum atomic E-state index is 11.8. The molecule has 0 saturated heterocycles. The van der Waals surface area contributed by atoms with Crippen molar-refractivity contribution in [1.29, 1.82) is 0 Å². The standard InChI is InChI=1S/C13H13N3O4/c1-2-6-20-13(19)9-4-3-5-10(7-9)16-11(12(17)18)8-14-15-16/h3-5,7-8H,2,6H2,1H3,(H,17,18). The first kappa shape index (κ1) is 13.7. The van der Waals surface area contributed by atoms with E-state index in [-0.39, 0.29) is 5.69 Å². The Labute approximate surface area is 114 Å². The molecule has 0 spiro atoms. The van der Waals surface area contributed by atoms with Crippen molar-refractivity contribution in [3.8, 4) is 5.69 Å². The van der Waals surface area contributed by atoms with Gasteiger partial charge in [-0.15, -0.1) is 5.10 Å². The Morgan fingerprint density at radius 3 is 2.90 bits per heavy atom. The molecule has 20 heavy (non-hydrogen) atoms.